The van der Waals surface area contributed by atoms with Crippen molar-refractivity contribution < 1.29 is 23.6 Å². The lowest BCUT2D eigenvalue weighted by Gasteiger charge is -2.30. The number of rotatable bonds is 8. The van der Waals surface area contributed by atoms with Crippen molar-refractivity contribution in [3.05, 3.63) is 48.4 Å². The second-order valence-corrected chi connectivity index (χ2v) is 8.40. The van der Waals surface area contributed by atoms with Crippen LogP contribution in [0.2, 0.25) is 0 Å². The van der Waals surface area contributed by atoms with Crippen molar-refractivity contribution >= 4 is 23.2 Å². The number of likely N-dealkylation sites (tertiary alicyclic amines) is 1. The second kappa shape index (κ2) is 11.0. The van der Waals surface area contributed by atoms with Gasteiger partial charge in [-0.3, -0.25) is 14.5 Å². The number of aromatic nitrogens is 2. The number of hydrogen-bond acceptors (Lipinski definition) is 8. The van der Waals surface area contributed by atoms with Gasteiger partial charge in [0.25, 0.3) is 0 Å². The molecule has 3 aromatic rings. The molecule has 1 aliphatic heterocycles. The van der Waals surface area contributed by atoms with E-state index in [9.17, 15) is 9.59 Å². The van der Waals surface area contributed by atoms with Gasteiger partial charge in [-0.15, -0.1) is 0 Å². The molecule has 1 fully saturated rings. The molecule has 35 heavy (non-hydrogen) atoms. The third-order valence-corrected chi connectivity index (χ3v) is 5.82. The van der Waals surface area contributed by atoms with Crippen molar-refractivity contribution in [2.45, 2.75) is 26.3 Å². The van der Waals surface area contributed by atoms with Crippen LogP contribution in [0.4, 0.5) is 11.4 Å². The molecule has 0 bridgehead atoms. The Balaban J connectivity index is 1.34. The summed E-state index contributed by atoms with van der Waals surface area (Å²) in [4.78, 5) is 30.7. The monoisotopic (exact) mass is 479 g/mol. The number of amides is 2. The Kier molecular flexibility index (Phi) is 7.61. The van der Waals surface area contributed by atoms with E-state index in [2.05, 4.69) is 25.7 Å². The maximum atomic E-state index is 12.8. The molecule has 1 aliphatic rings. The quantitative estimate of drug-likeness (QED) is 0.503. The van der Waals surface area contributed by atoms with Crippen LogP contribution in [0, 0.1) is 5.92 Å². The van der Waals surface area contributed by atoms with Crippen LogP contribution in [-0.2, 0) is 16.1 Å². The second-order valence-electron chi connectivity index (χ2n) is 8.40. The summed E-state index contributed by atoms with van der Waals surface area (Å²) in [7, 11) is 3.16. The molecule has 1 unspecified atom stereocenters. The highest BCUT2D eigenvalue weighted by atomic mass is 16.5. The van der Waals surface area contributed by atoms with Crippen LogP contribution in [0.15, 0.2) is 47.0 Å². The molecule has 2 aromatic carbocycles. The molecule has 1 aromatic heterocycles. The Labute approximate surface area is 203 Å². The topological polar surface area (TPSA) is 119 Å². The van der Waals surface area contributed by atoms with Crippen molar-refractivity contribution in [1.82, 2.24) is 15.0 Å². The molecule has 1 saturated heterocycles. The summed E-state index contributed by atoms with van der Waals surface area (Å²) in [5.74, 6) is 1.86. The number of benzene rings is 2. The molecule has 184 valence electrons. The Morgan fingerprint density at radius 3 is 2.46 bits per heavy atom. The first-order valence-corrected chi connectivity index (χ1v) is 11.4. The summed E-state index contributed by atoms with van der Waals surface area (Å²) in [6.45, 7) is 3.37. The van der Waals surface area contributed by atoms with Gasteiger partial charge in [-0.2, -0.15) is 4.98 Å². The van der Waals surface area contributed by atoms with Gasteiger partial charge in [-0.25, -0.2) is 0 Å². The molecule has 4 rings (SSSR count). The van der Waals surface area contributed by atoms with Gasteiger partial charge in [0.2, 0.25) is 23.5 Å². The van der Waals surface area contributed by atoms with Crippen LogP contribution in [0.5, 0.6) is 11.5 Å². The molecule has 0 radical (unpaired) electrons. The number of anilines is 2. The summed E-state index contributed by atoms with van der Waals surface area (Å²) < 4.78 is 16.1. The minimum Gasteiger partial charge on any atom is -0.493 e. The summed E-state index contributed by atoms with van der Waals surface area (Å²) in [5.41, 5.74) is 2.14. The third kappa shape index (κ3) is 6.15. The Morgan fingerprint density at radius 1 is 1.06 bits per heavy atom. The van der Waals surface area contributed by atoms with Gasteiger partial charge in [0.15, 0.2) is 11.5 Å². The van der Waals surface area contributed by atoms with Crippen molar-refractivity contribution in [2.24, 2.45) is 5.92 Å². The molecule has 0 aliphatic carbocycles. The van der Waals surface area contributed by atoms with Crippen molar-refractivity contribution in [3.63, 3.8) is 0 Å². The zero-order valence-corrected chi connectivity index (χ0v) is 20.0. The Morgan fingerprint density at radius 2 is 1.77 bits per heavy atom. The average molecular weight is 480 g/mol. The van der Waals surface area contributed by atoms with Gasteiger partial charge < -0.3 is 24.6 Å². The highest BCUT2D eigenvalue weighted by Crippen LogP contribution is 2.31. The van der Waals surface area contributed by atoms with E-state index >= 15 is 0 Å². The van der Waals surface area contributed by atoms with Gasteiger partial charge in [0.05, 0.1) is 26.7 Å². The number of ether oxygens (including phenoxy) is 2. The molecule has 10 heteroatoms. The zero-order chi connectivity index (χ0) is 24.8. The number of carbonyl (C=O) groups is 2. The number of nitrogens with zero attached hydrogens (tertiary/aromatic N) is 3. The summed E-state index contributed by atoms with van der Waals surface area (Å²) >= 11 is 0. The molecular weight excluding hydrogens is 450 g/mol. The van der Waals surface area contributed by atoms with E-state index in [0.717, 1.165) is 24.9 Å². The first-order chi connectivity index (χ1) is 16.9. The zero-order valence-electron chi connectivity index (χ0n) is 20.0. The number of piperidine rings is 1. The molecule has 2 N–H and O–H groups in total. The third-order valence-electron chi connectivity index (χ3n) is 5.82. The number of hydrogen-bond donors (Lipinski definition) is 2. The fourth-order valence-electron chi connectivity index (χ4n) is 4.10. The molecule has 1 atom stereocenters. The standard InChI is InChI=1S/C25H29N5O5/c1-16(31)26-19-7-9-20(10-8-19)27-25(32)18-5-4-12-30(14-18)15-23-28-24(29-35-23)17-6-11-21(33-2)22(13-17)34-3/h6-11,13,18H,4-5,12,14-15H2,1-3H3,(H,26,31)(H,27,32). The molecule has 0 saturated carbocycles. The molecule has 0 spiro atoms. The Hall–Kier alpha value is -3.92. The first-order valence-electron chi connectivity index (χ1n) is 11.4. The normalized spacial score (nSPS) is 15.9. The van der Waals surface area contributed by atoms with Crippen LogP contribution < -0.4 is 20.1 Å². The molecule has 2 heterocycles. The minimum absolute atomic E-state index is 0.0291. The molecule has 10 nitrogen and oxygen atoms in total. The van der Waals surface area contributed by atoms with Gasteiger partial charge in [0.1, 0.15) is 0 Å². The highest BCUT2D eigenvalue weighted by molar-refractivity contribution is 5.93. The van der Waals surface area contributed by atoms with Crippen LogP contribution in [0.3, 0.4) is 0 Å². The van der Waals surface area contributed by atoms with E-state index in [1.807, 2.05) is 6.07 Å². The number of carbonyl (C=O) groups excluding carboxylic acids is 2. The maximum Gasteiger partial charge on any atom is 0.241 e. The van der Waals surface area contributed by atoms with Gasteiger partial charge >= 0.3 is 0 Å². The Bertz CT molecular complexity index is 1180. The minimum atomic E-state index is -0.146. The fourth-order valence-corrected chi connectivity index (χ4v) is 4.10. The van der Waals surface area contributed by atoms with E-state index in [1.165, 1.54) is 6.92 Å². The maximum absolute atomic E-state index is 12.8. The number of methoxy groups -OCH3 is 2. The lowest BCUT2D eigenvalue weighted by Crippen LogP contribution is -2.40. The summed E-state index contributed by atoms with van der Waals surface area (Å²) in [6, 6.07) is 12.5. The average Bonchev–Trinajstić information content (AvgIpc) is 3.33. The van der Waals surface area contributed by atoms with Gasteiger partial charge in [-0.1, -0.05) is 5.16 Å². The van der Waals surface area contributed by atoms with Crippen LogP contribution in [0.1, 0.15) is 25.7 Å². The van der Waals surface area contributed by atoms with E-state index in [4.69, 9.17) is 14.0 Å². The lowest BCUT2D eigenvalue weighted by molar-refractivity contribution is -0.121. The van der Waals surface area contributed by atoms with E-state index in [0.29, 0.717) is 47.7 Å². The van der Waals surface area contributed by atoms with Gasteiger partial charge in [0, 0.05) is 30.4 Å². The number of nitrogens with one attached hydrogen (secondary N) is 2. The summed E-state index contributed by atoms with van der Waals surface area (Å²) in [5, 5.41) is 9.78. The predicted molar refractivity (Wildman–Crippen MR) is 130 cm³/mol. The smallest absolute Gasteiger partial charge is 0.241 e. The van der Waals surface area contributed by atoms with Crippen LogP contribution >= 0.6 is 0 Å². The van der Waals surface area contributed by atoms with Crippen molar-refractivity contribution in [3.8, 4) is 22.9 Å². The van der Waals surface area contributed by atoms with Crippen molar-refractivity contribution in [2.75, 3.05) is 37.9 Å². The largest absolute Gasteiger partial charge is 0.493 e. The van der Waals surface area contributed by atoms with Gasteiger partial charge in [-0.05, 0) is 61.9 Å². The molecule has 2 amide bonds. The SMILES string of the molecule is COc1ccc(-c2noc(CN3CCCC(C(=O)Nc4ccc(NC(C)=O)cc4)C3)n2)cc1OC. The fraction of sp³-hybridized carbons (Fsp3) is 0.360. The van der Waals surface area contributed by atoms with Crippen molar-refractivity contribution in [1.29, 1.82) is 0 Å². The highest BCUT2D eigenvalue weighted by Gasteiger charge is 2.27. The van der Waals surface area contributed by atoms with Crippen LogP contribution in [-0.4, -0.2) is 54.2 Å². The van der Waals surface area contributed by atoms with Crippen LogP contribution in [0.25, 0.3) is 11.4 Å². The van der Waals surface area contributed by atoms with E-state index in [1.54, 1.807) is 50.6 Å². The molecular formula is C25H29N5O5. The van der Waals surface area contributed by atoms with E-state index < -0.39 is 0 Å². The summed E-state index contributed by atoms with van der Waals surface area (Å²) in [6.07, 6.45) is 1.71. The van der Waals surface area contributed by atoms with E-state index in [-0.39, 0.29) is 17.7 Å². The first kappa shape index (κ1) is 24.2. The predicted octanol–water partition coefficient (Wildman–Crippen LogP) is 3.56. The lowest BCUT2D eigenvalue weighted by atomic mass is 9.97.